The Kier molecular flexibility index (Phi) is 2.72. The first-order valence-electron chi connectivity index (χ1n) is 5.55. The molecule has 0 amide bonds. The summed E-state index contributed by atoms with van der Waals surface area (Å²) in [7, 11) is 0. The fourth-order valence-electron chi connectivity index (χ4n) is 1.67. The Morgan fingerprint density at radius 1 is 1.16 bits per heavy atom. The Morgan fingerprint density at radius 3 is 2.74 bits per heavy atom. The van der Waals surface area contributed by atoms with Gasteiger partial charge >= 0.3 is 5.97 Å². The molecule has 0 atom stereocenters. The van der Waals surface area contributed by atoms with E-state index in [1.54, 1.807) is 24.3 Å². The molecule has 1 aliphatic rings. The number of ether oxygens (including phenoxy) is 1. The van der Waals surface area contributed by atoms with Gasteiger partial charge in [0.15, 0.2) is 5.70 Å². The number of rotatable bonds is 2. The van der Waals surface area contributed by atoms with Gasteiger partial charge in [0.2, 0.25) is 5.90 Å². The highest BCUT2D eigenvalue weighted by molar-refractivity contribution is 6.12. The van der Waals surface area contributed by atoms with Gasteiger partial charge in [0.05, 0.1) is 11.8 Å². The van der Waals surface area contributed by atoms with Crippen molar-refractivity contribution in [3.8, 4) is 0 Å². The molecule has 3 rings (SSSR count). The van der Waals surface area contributed by atoms with Gasteiger partial charge in [-0.25, -0.2) is 14.2 Å². The molecule has 1 aliphatic heterocycles. The van der Waals surface area contributed by atoms with Gasteiger partial charge in [0, 0.05) is 6.08 Å². The van der Waals surface area contributed by atoms with E-state index in [2.05, 4.69) is 4.99 Å². The zero-order valence-corrected chi connectivity index (χ0v) is 9.67. The third kappa shape index (κ3) is 2.18. The Balaban J connectivity index is 1.98. The third-order valence-electron chi connectivity index (χ3n) is 2.55. The number of nitrogens with zero attached hydrogens (tertiary/aromatic N) is 1. The number of hydrogen-bond acceptors (Lipinski definition) is 4. The number of esters is 1. The van der Waals surface area contributed by atoms with Crippen molar-refractivity contribution in [1.82, 2.24) is 0 Å². The average Bonchev–Trinajstić information content (AvgIpc) is 3.02. The summed E-state index contributed by atoms with van der Waals surface area (Å²) in [4.78, 5) is 15.6. The first-order chi connectivity index (χ1) is 9.24. The zero-order valence-electron chi connectivity index (χ0n) is 9.67. The summed E-state index contributed by atoms with van der Waals surface area (Å²) in [6.07, 6.45) is 2.92. The predicted octanol–water partition coefficient (Wildman–Crippen LogP) is 2.76. The molecule has 2 aromatic rings. The van der Waals surface area contributed by atoms with Crippen LogP contribution in [0.3, 0.4) is 0 Å². The Bertz CT molecular complexity index is 686. The van der Waals surface area contributed by atoms with Crippen LogP contribution in [0.4, 0.5) is 4.39 Å². The van der Waals surface area contributed by atoms with Gasteiger partial charge in [0.25, 0.3) is 0 Å². The van der Waals surface area contributed by atoms with Crippen LogP contribution in [0.15, 0.2) is 57.8 Å². The van der Waals surface area contributed by atoms with Crippen molar-refractivity contribution in [1.29, 1.82) is 0 Å². The second kappa shape index (κ2) is 4.53. The van der Waals surface area contributed by atoms with E-state index in [0.29, 0.717) is 5.76 Å². The number of hydrogen-bond donors (Lipinski definition) is 0. The quantitative estimate of drug-likeness (QED) is 0.614. The van der Waals surface area contributed by atoms with Crippen LogP contribution in [0.25, 0.3) is 6.08 Å². The Labute approximate surface area is 107 Å². The third-order valence-corrected chi connectivity index (χ3v) is 2.55. The van der Waals surface area contributed by atoms with E-state index in [1.165, 1.54) is 24.5 Å². The number of carbonyl (C=O) groups is 1. The number of benzene rings is 1. The molecule has 0 saturated heterocycles. The molecular formula is C14H8FNO3. The van der Waals surface area contributed by atoms with Gasteiger partial charge in [-0.15, -0.1) is 0 Å². The van der Waals surface area contributed by atoms with Gasteiger partial charge in [0.1, 0.15) is 11.6 Å². The smallest absolute Gasteiger partial charge is 0.363 e. The molecule has 0 saturated carbocycles. The molecule has 0 N–H and O–H groups in total. The first kappa shape index (κ1) is 11.4. The van der Waals surface area contributed by atoms with Crippen LogP contribution in [0, 0.1) is 5.82 Å². The van der Waals surface area contributed by atoms with E-state index >= 15 is 0 Å². The topological polar surface area (TPSA) is 51.8 Å². The molecule has 0 aliphatic carbocycles. The summed E-state index contributed by atoms with van der Waals surface area (Å²) < 4.78 is 23.6. The zero-order chi connectivity index (χ0) is 13.2. The molecule has 0 fully saturated rings. The highest BCUT2D eigenvalue weighted by Gasteiger charge is 2.26. The molecule has 0 unspecified atom stereocenters. The van der Waals surface area contributed by atoms with Crippen molar-refractivity contribution in [2.75, 3.05) is 0 Å². The van der Waals surface area contributed by atoms with Crippen LogP contribution in [0.2, 0.25) is 0 Å². The molecule has 1 aromatic heterocycles. The lowest BCUT2D eigenvalue weighted by molar-refractivity contribution is -0.129. The molecule has 19 heavy (non-hydrogen) atoms. The molecule has 1 aromatic carbocycles. The standard InChI is InChI=1S/C14H8FNO3/c15-11-6-2-1-5-10(11)13-16-12(14(17)19-13)8-9-4-3-7-18-9/h1-8H/b12-8-. The van der Waals surface area contributed by atoms with Crippen LogP contribution in [0.1, 0.15) is 11.3 Å². The minimum Gasteiger partial charge on any atom is -0.465 e. The van der Waals surface area contributed by atoms with Crippen LogP contribution in [0.5, 0.6) is 0 Å². The second-order valence-corrected chi connectivity index (χ2v) is 3.83. The van der Waals surface area contributed by atoms with Crippen LogP contribution in [-0.4, -0.2) is 11.9 Å². The monoisotopic (exact) mass is 257 g/mol. The van der Waals surface area contributed by atoms with Crippen molar-refractivity contribution in [2.45, 2.75) is 0 Å². The van der Waals surface area contributed by atoms with E-state index in [0.717, 1.165) is 0 Å². The van der Waals surface area contributed by atoms with E-state index in [4.69, 9.17) is 9.15 Å². The maximum Gasteiger partial charge on any atom is 0.363 e. The second-order valence-electron chi connectivity index (χ2n) is 3.83. The normalized spacial score (nSPS) is 16.6. The molecule has 0 radical (unpaired) electrons. The summed E-state index contributed by atoms with van der Waals surface area (Å²) in [5, 5.41) is 0. The van der Waals surface area contributed by atoms with E-state index in [9.17, 15) is 9.18 Å². The van der Waals surface area contributed by atoms with Crippen LogP contribution >= 0.6 is 0 Å². The molecular weight excluding hydrogens is 249 g/mol. The minimum atomic E-state index is -0.630. The van der Waals surface area contributed by atoms with Crippen molar-refractivity contribution in [2.24, 2.45) is 4.99 Å². The number of furan rings is 1. The summed E-state index contributed by atoms with van der Waals surface area (Å²) in [5.41, 5.74) is 0.229. The van der Waals surface area contributed by atoms with Crippen molar-refractivity contribution in [3.05, 3.63) is 65.5 Å². The van der Waals surface area contributed by atoms with Crippen molar-refractivity contribution < 1.29 is 18.3 Å². The summed E-state index contributed by atoms with van der Waals surface area (Å²) >= 11 is 0. The maximum absolute atomic E-state index is 13.6. The minimum absolute atomic E-state index is 0.0408. The molecule has 4 nitrogen and oxygen atoms in total. The predicted molar refractivity (Wildman–Crippen MR) is 65.7 cm³/mol. The summed E-state index contributed by atoms with van der Waals surface area (Å²) in [5.74, 6) is -0.686. The highest BCUT2D eigenvalue weighted by Crippen LogP contribution is 2.20. The average molecular weight is 257 g/mol. The van der Waals surface area contributed by atoms with Gasteiger partial charge in [-0.3, -0.25) is 0 Å². The van der Waals surface area contributed by atoms with E-state index < -0.39 is 11.8 Å². The van der Waals surface area contributed by atoms with Crippen molar-refractivity contribution >= 4 is 17.9 Å². The lowest BCUT2D eigenvalue weighted by Gasteiger charge is -1.99. The Hall–Kier alpha value is -2.69. The van der Waals surface area contributed by atoms with Gasteiger partial charge < -0.3 is 9.15 Å². The number of cyclic esters (lactones) is 1. The molecule has 0 spiro atoms. The van der Waals surface area contributed by atoms with Gasteiger partial charge in [-0.1, -0.05) is 12.1 Å². The largest absolute Gasteiger partial charge is 0.465 e. The summed E-state index contributed by atoms with van der Waals surface area (Å²) in [6, 6.07) is 9.33. The number of aliphatic imine (C=N–C) groups is 1. The lowest BCUT2D eigenvalue weighted by atomic mass is 10.2. The number of halogens is 1. The summed E-state index contributed by atoms with van der Waals surface area (Å²) in [6.45, 7) is 0. The SMILES string of the molecule is O=C1OC(c2ccccc2F)=N/C1=C\c1ccco1. The maximum atomic E-state index is 13.6. The molecule has 2 heterocycles. The van der Waals surface area contributed by atoms with Gasteiger partial charge in [-0.2, -0.15) is 0 Å². The van der Waals surface area contributed by atoms with Crippen LogP contribution < -0.4 is 0 Å². The highest BCUT2D eigenvalue weighted by atomic mass is 19.1. The fraction of sp³-hybridized carbons (Fsp3) is 0. The van der Waals surface area contributed by atoms with Crippen LogP contribution in [-0.2, 0) is 9.53 Å². The Morgan fingerprint density at radius 2 is 2.00 bits per heavy atom. The number of carbonyl (C=O) groups excluding carboxylic acids is 1. The van der Waals surface area contributed by atoms with E-state index in [1.807, 2.05) is 0 Å². The van der Waals surface area contributed by atoms with E-state index in [-0.39, 0.29) is 17.2 Å². The lowest BCUT2D eigenvalue weighted by Crippen LogP contribution is -2.07. The van der Waals surface area contributed by atoms with Crippen molar-refractivity contribution in [3.63, 3.8) is 0 Å². The molecule has 5 heteroatoms. The molecule has 0 bridgehead atoms. The molecule has 94 valence electrons. The fourth-order valence-corrected chi connectivity index (χ4v) is 1.67. The van der Waals surface area contributed by atoms with Gasteiger partial charge in [-0.05, 0) is 24.3 Å². The first-order valence-corrected chi connectivity index (χ1v) is 5.55.